The Labute approximate surface area is 165 Å². The number of hydrogen-bond donors (Lipinski definition) is 0. The number of rotatable bonds is 6. The van der Waals surface area contributed by atoms with Crippen LogP contribution in [0.4, 0.5) is 0 Å². The van der Waals surface area contributed by atoms with Gasteiger partial charge in [0.05, 0.1) is 7.11 Å². The summed E-state index contributed by atoms with van der Waals surface area (Å²) in [5, 5.41) is 4.02. The zero-order chi connectivity index (χ0) is 20.1. The standard InChI is InChI=1S/C21H27N3O4/c1-14(2)15-7-9-16(10-8-15)20-22-18(28-23-20)11-12-19(25)24-13-5-4-6-17(24)21(26)27-3/h7-10,14,17H,4-6,11-13H2,1-3H3. The van der Waals surface area contributed by atoms with Crippen LogP contribution < -0.4 is 0 Å². The molecule has 1 aliphatic heterocycles. The fourth-order valence-corrected chi connectivity index (χ4v) is 3.46. The fraction of sp³-hybridized carbons (Fsp3) is 0.524. The molecule has 28 heavy (non-hydrogen) atoms. The van der Waals surface area contributed by atoms with Crippen molar-refractivity contribution in [2.75, 3.05) is 13.7 Å². The number of aromatic nitrogens is 2. The highest BCUT2D eigenvalue weighted by atomic mass is 16.5. The van der Waals surface area contributed by atoms with Gasteiger partial charge in [0.1, 0.15) is 6.04 Å². The maximum Gasteiger partial charge on any atom is 0.328 e. The topological polar surface area (TPSA) is 85.5 Å². The molecule has 0 aliphatic carbocycles. The molecule has 0 spiro atoms. The Balaban J connectivity index is 1.60. The lowest BCUT2D eigenvalue weighted by molar-refractivity contribution is -0.154. The molecular formula is C21H27N3O4. The molecule has 3 rings (SSSR count). The smallest absolute Gasteiger partial charge is 0.328 e. The number of ether oxygens (including phenoxy) is 1. The third-order valence-electron chi connectivity index (χ3n) is 5.15. The minimum absolute atomic E-state index is 0.0869. The van der Waals surface area contributed by atoms with E-state index in [4.69, 9.17) is 9.26 Å². The molecule has 2 heterocycles. The van der Waals surface area contributed by atoms with Gasteiger partial charge in [-0.1, -0.05) is 43.3 Å². The second kappa shape index (κ2) is 8.99. The number of amides is 1. The average molecular weight is 385 g/mol. The van der Waals surface area contributed by atoms with Crippen molar-refractivity contribution in [2.45, 2.75) is 57.9 Å². The van der Waals surface area contributed by atoms with Crippen molar-refractivity contribution in [3.8, 4) is 11.4 Å². The minimum atomic E-state index is -0.482. The first-order chi connectivity index (χ1) is 13.5. The number of carbonyl (C=O) groups is 2. The summed E-state index contributed by atoms with van der Waals surface area (Å²) < 4.78 is 10.1. The van der Waals surface area contributed by atoms with Gasteiger partial charge in [0, 0.05) is 24.9 Å². The van der Waals surface area contributed by atoms with Crippen molar-refractivity contribution >= 4 is 11.9 Å². The molecule has 0 saturated carbocycles. The molecule has 1 unspecified atom stereocenters. The van der Waals surface area contributed by atoms with E-state index in [-0.39, 0.29) is 18.3 Å². The number of benzene rings is 1. The van der Waals surface area contributed by atoms with Crippen LogP contribution in [0.3, 0.4) is 0 Å². The number of carbonyl (C=O) groups excluding carboxylic acids is 2. The third kappa shape index (κ3) is 4.58. The van der Waals surface area contributed by atoms with E-state index in [1.807, 2.05) is 12.1 Å². The summed E-state index contributed by atoms with van der Waals surface area (Å²) >= 11 is 0. The molecule has 7 nitrogen and oxygen atoms in total. The number of likely N-dealkylation sites (tertiary alicyclic amines) is 1. The Hall–Kier alpha value is -2.70. The number of methoxy groups -OCH3 is 1. The zero-order valence-corrected chi connectivity index (χ0v) is 16.7. The lowest BCUT2D eigenvalue weighted by Crippen LogP contribution is -2.48. The van der Waals surface area contributed by atoms with Gasteiger partial charge < -0.3 is 14.2 Å². The van der Waals surface area contributed by atoms with Crippen LogP contribution in [-0.2, 0) is 20.7 Å². The Morgan fingerprint density at radius 1 is 1.25 bits per heavy atom. The number of esters is 1. The normalized spacial score (nSPS) is 17.0. The molecule has 1 aromatic heterocycles. The SMILES string of the molecule is COC(=O)C1CCCCN1C(=O)CCc1nc(-c2ccc(C(C)C)cc2)no1. The predicted molar refractivity (Wildman–Crippen MR) is 104 cm³/mol. The van der Waals surface area contributed by atoms with Crippen LogP contribution in [0.1, 0.15) is 56.9 Å². The molecule has 1 atom stereocenters. The molecular weight excluding hydrogens is 358 g/mol. The van der Waals surface area contributed by atoms with Crippen LogP contribution in [0.2, 0.25) is 0 Å². The van der Waals surface area contributed by atoms with Crippen molar-refractivity contribution in [1.82, 2.24) is 15.0 Å². The molecule has 0 N–H and O–H groups in total. The van der Waals surface area contributed by atoms with E-state index in [0.717, 1.165) is 18.4 Å². The summed E-state index contributed by atoms with van der Waals surface area (Å²) in [6.07, 6.45) is 3.04. The van der Waals surface area contributed by atoms with Gasteiger partial charge in [-0.2, -0.15) is 4.98 Å². The van der Waals surface area contributed by atoms with Crippen LogP contribution in [-0.4, -0.2) is 46.6 Å². The van der Waals surface area contributed by atoms with Crippen LogP contribution in [0.5, 0.6) is 0 Å². The van der Waals surface area contributed by atoms with Gasteiger partial charge in [0.15, 0.2) is 0 Å². The first kappa shape index (κ1) is 20.0. The van der Waals surface area contributed by atoms with Crippen molar-refractivity contribution in [2.24, 2.45) is 0 Å². The van der Waals surface area contributed by atoms with Crippen LogP contribution >= 0.6 is 0 Å². The largest absolute Gasteiger partial charge is 0.467 e. The molecule has 150 valence electrons. The zero-order valence-electron chi connectivity index (χ0n) is 16.7. The Morgan fingerprint density at radius 3 is 2.68 bits per heavy atom. The summed E-state index contributed by atoms with van der Waals surface area (Å²) in [5.74, 6) is 0.963. The maximum atomic E-state index is 12.6. The highest BCUT2D eigenvalue weighted by molar-refractivity contribution is 5.84. The fourth-order valence-electron chi connectivity index (χ4n) is 3.46. The molecule has 2 aromatic rings. The number of piperidine rings is 1. The monoisotopic (exact) mass is 385 g/mol. The van der Waals surface area contributed by atoms with E-state index in [0.29, 0.717) is 37.0 Å². The predicted octanol–water partition coefficient (Wildman–Crippen LogP) is 3.35. The summed E-state index contributed by atoms with van der Waals surface area (Å²) in [6, 6.07) is 7.59. The summed E-state index contributed by atoms with van der Waals surface area (Å²) in [7, 11) is 1.35. The van der Waals surface area contributed by atoms with Crippen molar-refractivity contribution in [3.05, 3.63) is 35.7 Å². The second-order valence-corrected chi connectivity index (χ2v) is 7.41. The van der Waals surface area contributed by atoms with E-state index in [1.54, 1.807) is 4.90 Å². The minimum Gasteiger partial charge on any atom is -0.467 e. The van der Waals surface area contributed by atoms with Crippen molar-refractivity contribution in [3.63, 3.8) is 0 Å². The van der Waals surface area contributed by atoms with Crippen molar-refractivity contribution < 1.29 is 18.8 Å². The maximum absolute atomic E-state index is 12.6. The lowest BCUT2D eigenvalue weighted by Gasteiger charge is -2.33. The van der Waals surface area contributed by atoms with E-state index < -0.39 is 6.04 Å². The van der Waals surface area contributed by atoms with E-state index >= 15 is 0 Å². The summed E-state index contributed by atoms with van der Waals surface area (Å²) in [6.45, 7) is 4.87. The molecule has 7 heteroatoms. The average Bonchev–Trinajstić information content (AvgIpc) is 3.20. The highest BCUT2D eigenvalue weighted by Gasteiger charge is 2.32. The lowest BCUT2D eigenvalue weighted by atomic mass is 10.0. The molecule has 1 amide bonds. The van der Waals surface area contributed by atoms with Gasteiger partial charge in [-0.15, -0.1) is 0 Å². The van der Waals surface area contributed by atoms with Crippen molar-refractivity contribution in [1.29, 1.82) is 0 Å². The Morgan fingerprint density at radius 2 is 2.00 bits per heavy atom. The van der Waals surface area contributed by atoms with Gasteiger partial charge in [-0.25, -0.2) is 4.79 Å². The van der Waals surface area contributed by atoms with Gasteiger partial charge in [0.2, 0.25) is 17.6 Å². The van der Waals surface area contributed by atoms with E-state index in [2.05, 4.69) is 36.1 Å². The molecule has 0 bridgehead atoms. The van der Waals surface area contributed by atoms with Crippen LogP contribution in [0.25, 0.3) is 11.4 Å². The molecule has 1 fully saturated rings. The Bertz CT molecular complexity index is 813. The highest BCUT2D eigenvalue weighted by Crippen LogP contribution is 2.22. The number of nitrogens with zero attached hydrogens (tertiary/aromatic N) is 3. The quantitative estimate of drug-likeness (QED) is 0.709. The van der Waals surface area contributed by atoms with Gasteiger partial charge in [0.25, 0.3) is 0 Å². The molecule has 1 aromatic carbocycles. The van der Waals surface area contributed by atoms with E-state index in [9.17, 15) is 9.59 Å². The van der Waals surface area contributed by atoms with Gasteiger partial charge >= 0.3 is 5.97 Å². The number of aryl methyl sites for hydroxylation is 1. The number of hydrogen-bond acceptors (Lipinski definition) is 6. The second-order valence-electron chi connectivity index (χ2n) is 7.41. The first-order valence-corrected chi connectivity index (χ1v) is 9.79. The summed E-state index contributed by atoms with van der Waals surface area (Å²) in [4.78, 5) is 30.6. The van der Waals surface area contributed by atoms with Gasteiger partial charge in [-0.05, 0) is 30.7 Å². The van der Waals surface area contributed by atoms with Gasteiger partial charge in [-0.3, -0.25) is 4.79 Å². The van der Waals surface area contributed by atoms with Crippen LogP contribution in [0, 0.1) is 0 Å². The molecule has 0 radical (unpaired) electrons. The summed E-state index contributed by atoms with van der Waals surface area (Å²) in [5.41, 5.74) is 2.13. The molecule has 1 aliphatic rings. The first-order valence-electron chi connectivity index (χ1n) is 9.79. The Kier molecular flexibility index (Phi) is 6.44. The molecule has 1 saturated heterocycles. The third-order valence-corrected chi connectivity index (χ3v) is 5.15. The van der Waals surface area contributed by atoms with E-state index in [1.165, 1.54) is 12.7 Å². The van der Waals surface area contributed by atoms with Crippen LogP contribution in [0.15, 0.2) is 28.8 Å².